The van der Waals surface area contributed by atoms with Crippen LogP contribution >= 0.6 is 23.2 Å². The number of ether oxygens (including phenoxy) is 2. The quantitative estimate of drug-likeness (QED) is 0.608. The fourth-order valence-electron chi connectivity index (χ4n) is 2.69. The van der Waals surface area contributed by atoms with Gasteiger partial charge in [0, 0.05) is 19.7 Å². The van der Waals surface area contributed by atoms with Crippen LogP contribution in [0.25, 0.3) is 10.9 Å². The monoisotopic (exact) mass is 372 g/mol. The molecule has 0 N–H and O–H groups in total. The SMILES string of the molecule is Fc1c(Cl)nc(OC2CC2)c2c(N3CCCOCC3)nc(Cl)nc12. The second-order valence-electron chi connectivity index (χ2n) is 5.83. The van der Waals surface area contributed by atoms with Crippen LogP contribution in [-0.2, 0) is 4.74 Å². The van der Waals surface area contributed by atoms with E-state index in [4.69, 9.17) is 32.7 Å². The number of aromatic nitrogens is 3. The van der Waals surface area contributed by atoms with Crippen LogP contribution in [0.4, 0.5) is 10.2 Å². The lowest BCUT2D eigenvalue weighted by molar-refractivity contribution is 0.152. The molecule has 1 saturated carbocycles. The lowest BCUT2D eigenvalue weighted by Crippen LogP contribution is -2.27. The van der Waals surface area contributed by atoms with Crippen LogP contribution in [-0.4, -0.2) is 47.4 Å². The van der Waals surface area contributed by atoms with Crippen LogP contribution in [0.1, 0.15) is 19.3 Å². The van der Waals surface area contributed by atoms with E-state index in [-0.39, 0.29) is 27.9 Å². The molecule has 2 fully saturated rings. The summed E-state index contributed by atoms with van der Waals surface area (Å²) >= 11 is 11.9. The second-order valence-corrected chi connectivity index (χ2v) is 6.53. The molecule has 0 unspecified atom stereocenters. The molecule has 1 saturated heterocycles. The van der Waals surface area contributed by atoms with Gasteiger partial charge >= 0.3 is 0 Å². The van der Waals surface area contributed by atoms with Gasteiger partial charge in [0.1, 0.15) is 22.8 Å². The van der Waals surface area contributed by atoms with Crippen molar-refractivity contribution in [3.8, 4) is 5.88 Å². The Morgan fingerprint density at radius 2 is 1.96 bits per heavy atom. The summed E-state index contributed by atoms with van der Waals surface area (Å²) < 4.78 is 25.8. The van der Waals surface area contributed by atoms with E-state index in [0.717, 1.165) is 25.8 Å². The van der Waals surface area contributed by atoms with Crippen LogP contribution in [0.2, 0.25) is 10.4 Å². The lowest BCUT2D eigenvalue weighted by atomic mass is 10.2. The second kappa shape index (κ2) is 6.46. The van der Waals surface area contributed by atoms with Gasteiger partial charge in [0.25, 0.3) is 0 Å². The fraction of sp³-hybridized carbons (Fsp3) is 0.533. The number of hydrogen-bond acceptors (Lipinski definition) is 6. The highest BCUT2D eigenvalue weighted by atomic mass is 35.5. The minimum atomic E-state index is -0.716. The Morgan fingerprint density at radius 1 is 1.12 bits per heavy atom. The van der Waals surface area contributed by atoms with Crippen molar-refractivity contribution >= 4 is 39.9 Å². The Kier molecular flexibility index (Phi) is 4.32. The van der Waals surface area contributed by atoms with Gasteiger partial charge in [-0.15, -0.1) is 0 Å². The Bertz CT molecular complexity index is 780. The molecule has 2 aliphatic rings. The molecule has 0 radical (unpaired) electrons. The zero-order valence-corrected chi connectivity index (χ0v) is 14.3. The van der Waals surface area contributed by atoms with Gasteiger partial charge in [-0.2, -0.15) is 9.97 Å². The Morgan fingerprint density at radius 3 is 2.75 bits per heavy atom. The van der Waals surface area contributed by atoms with Gasteiger partial charge < -0.3 is 14.4 Å². The van der Waals surface area contributed by atoms with Crippen LogP contribution in [0.15, 0.2) is 0 Å². The molecule has 1 aliphatic heterocycles. The van der Waals surface area contributed by atoms with Crippen molar-refractivity contribution in [3.63, 3.8) is 0 Å². The van der Waals surface area contributed by atoms with Crippen LogP contribution in [0.3, 0.4) is 0 Å². The summed E-state index contributed by atoms with van der Waals surface area (Å²) in [5.74, 6) is 0.0522. The van der Waals surface area contributed by atoms with Crippen LogP contribution in [0, 0.1) is 5.82 Å². The Labute approximate surface area is 147 Å². The summed E-state index contributed by atoms with van der Waals surface area (Å²) in [6, 6.07) is 0. The molecule has 0 amide bonds. The summed E-state index contributed by atoms with van der Waals surface area (Å²) in [7, 11) is 0. The molecule has 0 spiro atoms. The first kappa shape index (κ1) is 16.1. The van der Waals surface area contributed by atoms with E-state index >= 15 is 0 Å². The molecule has 24 heavy (non-hydrogen) atoms. The van der Waals surface area contributed by atoms with E-state index in [1.807, 2.05) is 4.90 Å². The maximum Gasteiger partial charge on any atom is 0.228 e. The van der Waals surface area contributed by atoms with Crippen molar-refractivity contribution in [2.75, 3.05) is 31.2 Å². The molecule has 2 aromatic rings. The maximum absolute atomic E-state index is 14.5. The topological polar surface area (TPSA) is 60.4 Å². The Hall–Kier alpha value is -1.44. The molecule has 2 aromatic heterocycles. The van der Waals surface area contributed by atoms with Gasteiger partial charge in [-0.25, -0.2) is 9.37 Å². The smallest absolute Gasteiger partial charge is 0.228 e. The third-order valence-electron chi connectivity index (χ3n) is 3.99. The number of nitrogens with zero attached hydrogens (tertiary/aromatic N) is 4. The standard InChI is InChI=1S/C15H15Cl2FN4O2/c16-12-10(18)11-9(14(20-12)24-8-2-3-8)13(21-15(17)19-11)22-4-1-6-23-7-5-22/h8H,1-7H2. The number of rotatable bonds is 3. The van der Waals surface area contributed by atoms with E-state index < -0.39 is 5.82 Å². The molecular weight excluding hydrogens is 358 g/mol. The Balaban J connectivity index is 1.91. The molecule has 9 heteroatoms. The van der Waals surface area contributed by atoms with Gasteiger partial charge in [0.15, 0.2) is 11.0 Å². The highest BCUT2D eigenvalue weighted by Crippen LogP contribution is 2.38. The average molecular weight is 373 g/mol. The van der Waals surface area contributed by atoms with Crippen molar-refractivity contribution < 1.29 is 13.9 Å². The molecule has 6 nitrogen and oxygen atoms in total. The normalized spacial score (nSPS) is 18.7. The number of pyridine rings is 1. The molecule has 128 valence electrons. The molecule has 0 bridgehead atoms. The lowest BCUT2D eigenvalue weighted by Gasteiger charge is -2.23. The summed E-state index contributed by atoms with van der Waals surface area (Å²) in [6.45, 7) is 2.58. The first-order valence-corrected chi connectivity index (χ1v) is 8.60. The van der Waals surface area contributed by atoms with Gasteiger partial charge in [-0.3, -0.25) is 0 Å². The first-order valence-electron chi connectivity index (χ1n) is 7.85. The van der Waals surface area contributed by atoms with Crippen molar-refractivity contribution in [2.24, 2.45) is 0 Å². The molecule has 3 heterocycles. The van der Waals surface area contributed by atoms with E-state index in [1.165, 1.54) is 0 Å². The van der Waals surface area contributed by atoms with E-state index in [9.17, 15) is 4.39 Å². The predicted molar refractivity (Wildman–Crippen MR) is 88.6 cm³/mol. The minimum Gasteiger partial charge on any atom is -0.474 e. The minimum absolute atomic E-state index is 0.0332. The maximum atomic E-state index is 14.5. The molecule has 0 atom stereocenters. The van der Waals surface area contributed by atoms with E-state index in [1.54, 1.807) is 0 Å². The third kappa shape index (κ3) is 3.08. The van der Waals surface area contributed by atoms with Crippen molar-refractivity contribution in [2.45, 2.75) is 25.4 Å². The number of halogens is 3. The largest absolute Gasteiger partial charge is 0.474 e. The summed E-state index contributed by atoms with van der Waals surface area (Å²) in [5, 5.41) is 0.0920. The van der Waals surface area contributed by atoms with Crippen molar-refractivity contribution in [1.29, 1.82) is 0 Å². The average Bonchev–Trinajstić information content (AvgIpc) is 3.38. The summed E-state index contributed by atoms with van der Waals surface area (Å²) in [6.07, 6.45) is 2.81. The molecule has 0 aromatic carbocycles. The van der Waals surface area contributed by atoms with Crippen molar-refractivity contribution in [1.82, 2.24) is 15.0 Å². The van der Waals surface area contributed by atoms with Crippen LogP contribution in [0.5, 0.6) is 5.88 Å². The van der Waals surface area contributed by atoms with Gasteiger partial charge in [0.05, 0.1) is 6.61 Å². The van der Waals surface area contributed by atoms with E-state index in [0.29, 0.717) is 31.0 Å². The first-order chi connectivity index (χ1) is 11.6. The highest BCUT2D eigenvalue weighted by molar-refractivity contribution is 6.31. The van der Waals surface area contributed by atoms with Gasteiger partial charge in [-0.05, 0) is 30.9 Å². The van der Waals surface area contributed by atoms with Crippen LogP contribution < -0.4 is 9.64 Å². The molecular formula is C15H15Cl2FN4O2. The highest BCUT2D eigenvalue weighted by Gasteiger charge is 2.29. The number of hydrogen-bond donors (Lipinski definition) is 0. The zero-order valence-electron chi connectivity index (χ0n) is 12.8. The summed E-state index contributed by atoms with van der Waals surface area (Å²) in [5.41, 5.74) is 0.0332. The number of fused-ring (bicyclic) bond motifs is 1. The summed E-state index contributed by atoms with van der Waals surface area (Å²) in [4.78, 5) is 14.4. The molecule has 4 rings (SSSR count). The van der Waals surface area contributed by atoms with Gasteiger partial charge in [0.2, 0.25) is 11.2 Å². The predicted octanol–water partition coefficient (Wildman–Crippen LogP) is 3.24. The number of anilines is 1. The zero-order chi connectivity index (χ0) is 16.7. The third-order valence-corrected chi connectivity index (χ3v) is 4.41. The van der Waals surface area contributed by atoms with E-state index in [2.05, 4.69) is 15.0 Å². The molecule has 1 aliphatic carbocycles. The van der Waals surface area contributed by atoms with Crippen molar-refractivity contribution in [3.05, 3.63) is 16.3 Å². The fourth-order valence-corrected chi connectivity index (χ4v) is 3.02. The van der Waals surface area contributed by atoms with Gasteiger partial charge in [-0.1, -0.05) is 11.6 Å².